The van der Waals surface area contributed by atoms with E-state index in [0.717, 1.165) is 10.9 Å². The van der Waals surface area contributed by atoms with Crippen molar-refractivity contribution in [2.75, 3.05) is 0 Å². The molecule has 0 spiro atoms. The summed E-state index contributed by atoms with van der Waals surface area (Å²) in [5, 5.41) is 0. The summed E-state index contributed by atoms with van der Waals surface area (Å²) < 4.78 is 27.6. The number of halogens is 3. The van der Waals surface area contributed by atoms with E-state index in [0.29, 0.717) is 15.5 Å². The highest BCUT2D eigenvalue weighted by molar-refractivity contribution is 7.16. The van der Waals surface area contributed by atoms with E-state index < -0.39 is 17.7 Å². The van der Waals surface area contributed by atoms with Crippen LogP contribution < -0.4 is 11.3 Å². The average Bonchev–Trinajstić information content (AvgIpc) is 2.73. The standard InChI is InChI=1S/C12H11ClF2N2S/c1-6-4-7(9(15)5-8(6)14)12(17-16)10-2-3-11(13)18-10/h2-5,12,17H,16H2,1H3. The molecular formula is C12H11ClF2N2S. The van der Waals surface area contributed by atoms with Gasteiger partial charge in [-0.2, -0.15) is 0 Å². The largest absolute Gasteiger partial charge is 0.271 e. The van der Waals surface area contributed by atoms with Crippen molar-refractivity contribution in [3.63, 3.8) is 0 Å². The third-order valence-corrected chi connectivity index (χ3v) is 3.93. The van der Waals surface area contributed by atoms with Gasteiger partial charge in [-0.25, -0.2) is 14.2 Å². The van der Waals surface area contributed by atoms with Gasteiger partial charge in [-0.3, -0.25) is 5.84 Å². The van der Waals surface area contributed by atoms with Crippen molar-refractivity contribution in [2.24, 2.45) is 5.84 Å². The fraction of sp³-hybridized carbons (Fsp3) is 0.167. The van der Waals surface area contributed by atoms with E-state index in [1.165, 1.54) is 17.4 Å². The highest BCUT2D eigenvalue weighted by Gasteiger charge is 2.20. The summed E-state index contributed by atoms with van der Waals surface area (Å²) in [6.07, 6.45) is 0. The molecule has 0 aliphatic rings. The van der Waals surface area contributed by atoms with Gasteiger partial charge in [0.05, 0.1) is 10.4 Å². The number of hydrogen-bond donors (Lipinski definition) is 2. The molecule has 0 fully saturated rings. The van der Waals surface area contributed by atoms with Crippen molar-refractivity contribution >= 4 is 22.9 Å². The van der Waals surface area contributed by atoms with Crippen LogP contribution in [0.25, 0.3) is 0 Å². The fourth-order valence-corrected chi connectivity index (χ4v) is 2.85. The van der Waals surface area contributed by atoms with Crippen molar-refractivity contribution < 1.29 is 8.78 Å². The van der Waals surface area contributed by atoms with E-state index in [9.17, 15) is 8.78 Å². The molecule has 0 radical (unpaired) electrons. The highest BCUT2D eigenvalue weighted by Crippen LogP contribution is 2.32. The molecule has 96 valence electrons. The second kappa shape index (κ2) is 5.32. The second-order valence-electron chi connectivity index (χ2n) is 3.86. The Morgan fingerprint density at radius 1 is 1.28 bits per heavy atom. The van der Waals surface area contributed by atoms with Crippen LogP contribution in [0.3, 0.4) is 0 Å². The van der Waals surface area contributed by atoms with Crippen LogP contribution in [0.5, 0.6) is 0 Å². The molecule has 1 unspecified atom stereocenters. The van der Waals surface area contributed by atoms with Crippen LogP contribution in [0.2, 0.25) is 4.34 Å². The lowest BCUT2D eigenvalue weighted by molar-refractivity contribution is 0.540. The molecule has 1 aromatic heterocycles. The van der Waals surface area contributed by atoms with E-state index in [1.807, 2.05) is 0 Å². The fourth-order valence-electron chi connectivity index (χ4n) is 1.71. The quantitative estimate of drug-likeness (QED) is 0.670. The Morgan fingerprint density at radius 3 is 2.56 bits per heavy atom. The van der Waals surface area contributed by atoms with Crippen molar-refractivity contribution in [1.29, 1.82) is 0 Å². The molecule has 1 atom stereocenters. The topological polar surface area (TPSA) is 38.0 Å². The molecule has 2 aromatic rings. The first-order valence-corrected chi connectivity index (χ1v) is 6.39. The maximum absolute atomic E-state index is 13.8. The zero-order chi connectivity index (χ0) is 13.3. The summed E-state index contributed by atoms with van der Waals surface area (Å²) in [7, 11) is 0. The molecule has 2 nitrogen and oxygen atoms in total. The number of aryl methyl sites for hydroxylation is 1. The number of thiophene rings is 1. The van der Waals surface area contributed by atoms with E-state index in [1.54, 1.807) is 19.1 Å². The van der Waals surface area contributed by atoms with Crippen LogP contribution in [0.1, 0.15) is 22.0 Å². The first kappa shape index (κ1) is 13.4. The highest BCUT2D eigenvalue weighted by atomic mass is 35.5. The normalized spacial score (nSPS) is 12.7. The van der Waals surface area contributed by atoms with E-state index >= 15 is 0 Å². The van der Waals surface area contributed by atoms with E-state index in [4.69, 9.17) is 17.4 Å². The Kier molecular flexibility index (Phi) is 3.97. The Bertz CT molecular complexity index is 571. The van der Waals surface area contributed by atoms with Crippen LogP contribution >= 0.6 is 22.9 Å². The van der Waals surface area contributed by atoms with Gasteiger partial charge in [0, 0.05) is 16.5 Å². The molecule has 1 heterocycles. The van der Waals surface area contributed by atoms with E-state index in [2.05, 4.69) is 5.43 Å². The molecule has 1 aromatic carbocycles. The third-order valence-electron chi connectivity index (χ3n) is 2.63. The number of benzene rings is 1. The van der Waals surface area contributed by atoms with Gasteiger partial charge in [-0.1, -0.05) is 11.6 Å². The van der Waals surface area contributed by atoms with Crippen molar-refractivity contribution in [3.8, 4) is 0 Å². The van der Waals surface area contributed by atoms with Crippen LogP contribution in [0.15, 0.2) is 24.3 Å². The molecule has 2 rings (SSSR count). The molecule has 6 heteroatoms. The lowest BCUT2D eigenvalue weighted by Gasteiger charge is -2.16. The van der Waals surface area contributed by atoms with Gasteiger partial charge in [0.1, 0.15) is 11.6 Å². The van der Waals surface area contributed by atoms with Crippen LogP contribution in [0.4, 0.5) is 8.78 Å². The molecule has 0 saturated heterocycles. The molecule has 0 bridgehead atoms. The Balaban J connectivity index is 2.48. The first-order chi connectivity index (χ1) is 8.52. The van der Waals surface area contributed by atoms with Crippen LogP contribution in [-0.4, -0.2) is 0 Å². The van der Waals surface area contributed by atoms with Crippen molar-refractivity contribution in [1.82, 2.24) is 5.43 Å². The average molecular weight is 289 g/mol. The maximum Gasteiger partial charge on any atom is 0.131 e. The predicted molar refractivity (Wildman–Crippen MR) is 69.6 cm³/mol. The summed E-state index contributed by atoms with van der Waals surface area (Å²) >= 11 is 7.14. The number of nitrogens with two attached hydrogens (primary N) is 1. The summed E-state index contributed by atoms with van der Waals surface area (Å²) in [6, 6.07) is 5.24. The van der Waals surface area contributed by atoms with Gasteiger partial charge in [0.15, 0.2) is 0 Å². The van der Waals surface area contributed by atoms with Crippen molar-refractivity contribution in [2.45, 2.75) is 13.0 Å². The lowest BCUT2D eigenvalue weighted by Crippen LogP contribution is -2.29. The Labute approximate surface area is 112 Å². The first-order valence-electron chi connectivity index (χ1n) is 5.20. The van der Waals surface area contributed by atoms with Gasteiger partial charge >= 0.3 is 0 Å². The minimum atomic E-state index is -0.634. The predicted octanol–water partition coefficient (Wildman–Crippen LogP) is 3.54. The molecule has 3 N–H and O–H groups in total. The minimum Gasteiger partial charge on any atom is -0.271 e. The molecule has 0 aliphatic heterocycles. The molecule has 18 heavy (non-hydrogen) atoms. The Morgan fingerprint density at radius 2 is 2.00 bits per heavy atom. The third kappa shape index (κ3) is 2.54. The molecule has 0 saturated carbocycles. The summed E-state index contributed by atoms with van der Waals surface area (Å²) in [5.41, 5.74) is 3.20. The smallest absolute Gasteiger partial charge is 0.131 e. The van der Waals surface area contributed by atoms with Gasteiger partial charge in [-0.15, -0.1) is 11.3 Å². The summed E-state index contributed by atoms with van der Waals surface area (Å²) in [4.78, 5) is 0.771. The molecule has 0 amide bonds. The number of rotatable bonds is 3. The zero-order valence-corrected chi connectivity index (χ0v) is 11.1. The zero-order valence-electron chi connectivity index (χ0n) is 9.51. The molecular weight excluding hydrogens is 278 g/mol. The van der Waals surface area contributed by atoms with Crippen LogP contribution in [-0.2, 0) is 0 Å². The number of hydrazine groups is 1. The number of nitrogens with one attached hydrogen (secondary N) is 1. The van der Waals surface area contributed by atoms with Gasteiger partial charge in [-0.05, 0) is 30.7 Å². The number of hydrogen-bond acceptors (Lipinski definition) is 3. The van der Waals surface area contributed by atoms with Crippen LogP contribution in [0, 0.1) is 18.6 Å². The minimum absolute atomic E-state index is 0.301. The van der Waals surface area contributed by atoms with Gasteiger partial charge < -0.3 is 0 Å². The Hall–Kier alpha value is -1.01. The lowest BCUT2D eigenvalue weighted by atomic mass is 10.0. The second-order valence-corrected chi connectivity index (χ2v) is 5.61. The van der Waals surface area contributed by atoms with Gasteiger partial charge in [0.25, 0.3) is 0 Å². The van der Waals surface area contributed by atoms with Gasteiger partial charge in [0.2, 0.25) is 0 Å². The monoisotopic (exact) mass is 288 g/mol. The summed E-state index contributed by atoms with van der Waals surface area (Å²) in [6.45, 7) is 1.58. The SMILES string of the molecule is Cc1cc(C(NN)c2ccc(Cl)s2)c(F)cc1F. The van der Waals surface area contributed by atoms with Crippen molar-refractivity contribution in [3.05, 3.63) is 56.2 Å². The molecule has 0 aliphatic carbocycles. The van der Waals surface area contributed by atoms with E-state index in [-0.39, 0.29) is 0 Å². The maximum atomic E-state index is 13.8. The summed E-state index contributed by atoms with van der Waals surface area (Å²) in [5.74, 6) is 4.25.